The molecule has 2 aromatic rings. The van der Waals surface area contributed by atoms with Crippen molar-refractivity contribution >= 4 is 5.91 Å². The summed E-state index contributed by atoms with van der Waals surface area (Å²) in [5.74, 6) is 2.39. The van der Waals surface area contributed by atoms with Crippen LogP contribution in [0, 0.1) is 12.8 Å². The molecular formula is C24H31NO4. The van der Waals surface area contributed by atoms with Crippen LogP contribution in [0.5, 0.6) is 11.5 Å². The molecule has 1 aliphatic rings. The number of hydrogen-bond acceptors (Lipinski definition) is 4. The minimum atomic E-state index is -0.748. The number of nitrogens with zero attached hydrogens (tertiary/aromatic N) is 1. The Labute approximate surface area is 173 Å². The molecule has 0 heterocycles. The van der Waals surface area contributed by atoms with Gasteiger partial charge in [-0.3, -0.25) is 4.79 Å². The number of aliphatic hydroxyl groups is 1. The Bertz CT molecular complexity index is 847. The first kappa shape index (κ1) is 21.2. The van der Waals surface area contributed by atoms with E-state index in [2.05, 4.69) is 12.1 Å². The quantitative estimate of drug-likeness (QED) is 0.692. The van der Waals surface area contributed by atoms with Crippen LogP contribution < -0.4 is 9.47 Å². The Morgan fingerprint density at radius 3 is 2.52 bits per heavy atom. The molecule has 2 aromatic carbocycles. The summed E-state index contributed by atoms with van der Waals surface area (Å²) >= 11 is 0. The molecule has 29 heavy (non-hydrogen) atoms. The van der Waals surface area contributed by atoms with Crippen molar-refractivity contribution in [1.82, 2.24) is 4.90 Å². The van der Waals surface area contributed by atoms with Gasteiger partial charge in [0.05, 0.1) is 26.9 Å². The fraction of sp³-hybridized carbons (Fsp3) is 0.458. The summed E-state index contributed by atoms with van der Waals surface area (Å²) < 4.78 is 10.6. The molecule has 5 nitrogen and oxygen atoms in total. The predicted molar refractivity (Wildman–Crippen MR) is 113 cm³/mol. The second kappa shape index (κ2) is 9.31. The highest BCUT2D eigenvalue weighted by molar-refractivity contribution is 5.77. The first-order valence-electron chi connectivity index (χ1n) is 10.1. The average molecular weight is 398 g/mol. The second-order valence-corrected chi connectivity index (χ2v) is 7.94. The van der Waals surface area contributed by atoms with E-state index in [1.54, 1.807) is 32.2 Å². The molecule has 156 valence electrons. The number of amides is 1. The van der Waals surface area contributed by atoms with Crippen LogP contribution in [-0.2, 0) is 4.79 Å². The number of carbonyl (C=O) groups excluding carboxylic acids is 1. The van der Waals surface area contributed by atoms with Crippen LogP contribution in [0.1, 0.15) is 48.0 Å². The molecule has 1 aliphatic carbocycles. The zero-order valence-corrected chi connectivity index (χ0v) is 17.7. The minimum absolute atomic E-state index is 0.0531. The topological polar surface area (TPSA) is 59.0 Å². The SMILES string of the molecule is COc1cccc(C(O)CN(C)C(=O)CC(c2ccc(OC)c(C)c2)C2CC2)c1. The number of likely N-dealkylation sites (N-methyl/N-ethyl adjacent to an activating group) is 1. The van der Waals surface area contributed by atoms with Crippen LogP contribution in [-0.4, -0.2) is 43.7 Å². The van der Waals surface area contributed by atoms with E-state index in [9.17, 15) is 9.90 Å². The van der Waals surface area contributed by atoms with Crippen molar-refractivity contribution in [3.63, 3.8) is 0 Å². The number of aliphatic hydroxyl groups excluding tert-OH is 1. The zero-order chi connectivity index (χ0) is 21.0. The van der Waals surface area contributed by atoms with Crippen LogP contribution in [0.25, 0.3) is 0 Å². The minimum Gasteiger partial charge on any atom is -0.497 e. The molecule has 2 unspecified atom stereocenters. The van der Waals surface area contributed by atoms with Gasteiger partial charge in [0.2, 0.25) is 5.91 Å². The van der Waals surface area contributed by atoms with Crippen LogP contribution in [0.3, 0.4) is 0 Å². The average Bonchev–Trinajstić information content (AvgIpc) is 3.56. The van der Waals surface area contributed by atoms with Crippen molar-refractivity contribution in [2.75, 3.05) is 27.8 Å². The predicted octanol–water partition coefficient (Wildman–Crippen LogP) is 4.09. The monoisotopic (exact) mass is 397 g/mol. The van der Waals surface area contributed by atoms with Crippen molar-refractivity contribution in [2.24, 2.45) is 5.92 Å². The van der Waals surface area contributed by atoms with Gasteiger partial charge in [-0.2, -0.15) is 0 Å². The van der Waals surface area contributed by atoms with Gasteiger partial charge in [0.25, 0.3) is 0 Å². The Kier molecular flexibility index (Phi) is 6.80. The van der Waals surface area contributed by atoms with E-state index in [1.165, 1.54) is 18.4 Å². The number of benzene rings is 2. The largest absolute Gasteiger partial charge is 0.497 e. The van der Waals surface area contributed by atoms with E-state index in [4.69, 9.17) is 9.47 Å². The third kappa shape index (κ3) is 5.30. The standard InChI is InChI=1S/C24H31NO4/c1-16-12-18(10-11-23(16)29-4)21(17-8-9-17)14-24(27)25(2)15-22(26)19-6-5-7-20(13-19)28-3/h5-7,10-13,17,21-22,26H,8-9,14-15H2,1-4H3. The molecule has 1 saturated carbocycles. The van der Waals surface area contributed by atoms with Crippen LogP contribution in [0.4, 0.5) is 0 Å². The number of methoxy groups -OCH3 is 2. The molecule has 3 rings (SSSR count). The molecule has 0 aromatic heterocycles. The maximum absolute atomic E-state index is 12.9. The Hall–Kier alpha value is -2.53. The molecule has 1 fully saturated rings. The summed E-state index contributed by atoms with van der Waals surface area (Å²) in [6.07, 6.45) is 2.04. The summed E-state index contributed by atoms with van der Waals surface area (Å²) in [7, 11) is 5.03. The number of hydrogen-bond donors (Lipinski definition) is 1. The highest BCUT2D eigenvalue weighted by Gasteiger charge is 2.34. The van der Waals surface area contributed by atoms with E-state index in [0.717, 1.165) is 16.9 Å². The molecule has 0 radical (unpaired) electrons. The smallest absolute Gasteiger partial charge is 0.223 e. The number of ether oxygens (including phenoxy) is 2. The van der Waals surface area contributed by atoms with Gasteiger partial charge >= 0.3 is 0 Å². The number of rotatable bonds is 9. The van der Waals surface area contributed by atoms with Gasteiger partial charge in [-0.05, 0) is 66.5 Å². The van der Waals surface area contributed by atoms with E-state index in [0.29, 0.717) is 18.1 Å². The van der Waals surface area contributed by atoms with Gasteiger partial charge in [-0.15, -0.1) is 0 Å². The second-order valence-electron chi connectivity index (χ2n) is 7.94. The lowest BCUT2D eigenvalue weighted by molar-refractivity contribution is -0.131. The third-order valence-corrected chi connectivity index (χ3v) is 5.78. The van der Waals surface area contributed by atoms with E-state index >= 15 is 0 Å². The van der Waals surface area contributed by atoms with Gasteiger partial charge in [-0.1, -0.05) is 24.3 Å². The highest BCUT2D eigenvalue weighted by atomic mass is 16.5. The van der Waals surface area contributed by atoms with Gasteiger partial charge in [0.15, 0.2) is 0 Å². The molecule has 1 N–H and O–H groups in total. The Balaban J connectivity index is 1.65. The van der Waals surface area contributed by atoms with Gasteiger partial charge in [0, 0.05) is 13.5 Å². The van der Waals surface area contributed by atoms with E-state index in [1.807, 2.05) is 31.2 Å². The molecule has 0 saturated heterocycles. The first-order valence-corrected chi connectivity index (χ1v) is 10.1. The summed E-state index contributed by atoms with van der Waals surface area (Å²) in [6, 6.07) is 13.5. The fourth-order valence-electron chi connectivity index (χ4n) is 3.85. The van der Waals surface area contributed by atoms with E-state index in [-0.39, 0.29) is 18.4 Å². The molecule has 2 atom stereocenters. The maximum atomic E-state index is 12.9. The van der Waals surface area contributed by atoms with Crippen LogP contribution in [0.15, 0.2) is 42.5 Å². The molecule has 0 bridgehead atoms. The summed E-state index contributed by atoms with van der Waals surface area (Å²) in [4.78, 5) is 14.6. The number of carbonyl (C=O) groups is 1. The van der Waals surface area contributed by atoms with Crippen molar-refractivity contribution in [3.05, 3.63) is 59.2 Å². The summed E-state index contributed by atoms with van der Waals surface area (Å²) in [6.45, 7) is 2.29. The first-order chi connectivity index (χ1) is 13.9. The molecule has 0 spiro atoms. The fourth-order valence-corrected chi connectivity index (χ4v) is 3.85. The molecule has 5 heteroatoms. The van der Waals surface area contributed by atoms with Gasteiger partial charge in [0.1, 0.15) is 11.5 Å². The van der Waals surface area contributed by atoms with Gasteiger partial charge in [-0.25, -0.2) is 0 Å². The number of aryl methyl sites for hydroxylation is 1. The van der Waals surface area contributed by atoms with Gasteiger partial charge < -0.3 is 19.5 Å². The van der Waals surface area contributed by atoms with Crippen molar-refractivity contribution < 1.29 is 19.4 Å². The Morgan fingerprint density at radius 1 is 1.14 bits per heavy atom. The van der Waals surface area contributed by atoms with Crippen LogP contribution in [0.2, 0.25) is 0 Å². The van der Waals surface area contributed by atoms with E-state index < -0.39 is 6.10 Å². The lowest BCUT2D eigenvalue weighted by Crippen LogP contribution is -2.32. The lowest BCUT2D eigenvalue weighted by Gasteiger charge is -2.24. The molecule has 1 amide bonds. The normalized spacial score (nSPS) is 15.5. The zero-order valence-electron chi connectivity index (χ0n) is 17.7. The molecular weight excluding hydrogens is 366 g/mol. The third-order valence-electron chi connectivity index (χ3n) is 5.78. The summed E-state index contributed by atoms with van der Waals surface area (Å²) in [5.41, 5.74) is 3.03. The molecule has 0 aliphatic heterocycles. The summed E-state index contributed by atoms with van der Waals surface area (Å²) in [5, 5.41) is 10.6. The van der Waals surface area contributed by atoms with Crippen molar-refractivity contribution in [3.8, 4) is 11.5 Å². The van der Waals surface area contributed by atoms with Crippen molar-refractivity contribution in [2.45, 2.75) is 38.2 Å². The highest BCUT2D eigenvalue weighted by Crippen LogP contribution is 2.45. The van der Waals surface area contributed by atoms with Crippen molar-refractivity contribution in [1.29, 1.82) is 0 Å². The van der Waals surface area contributed by atoms with Crippen LogP contribution >= 0.6 is 0 Å². The Morgan fingerprint density at radius 2 is 1.90 bits per heavy atom. The lowest BCUT2D eigenvalue weighted by atomic mass is 9.89. The maximum Gasteiger partial charge on any atom is 0.223 e.